The van der Waals surface area contributed by atoms with E-state index in [0.717, 1.165) is 36.5 Å². The highest BCUT2D eigenvalue weighted by atomic mass is 35.5. The molecule has 0 spiro atoms. The predicted octanol–water partition coefficient (Wildman–Crippen LogP) is 2.43. The molecule has 21 heavy (non-hydrogen) atoms. The Balaban J connectivity index is 2.00. The van der Waals surface area contributed by atoms with E-state index in [4.69, 9.17) is 21.0 Å². The summed E-state index contributed by atoms with van der Waals surface area (Å²) in [5.41, 5.74) is 3.60. The number of hydrogen-bond acceptors (Lipinski definition) is 2. The van der Waals surface area contributed by atoms with Gasteiger partial charge >= 0.3 is 6.92 Å². The van der Waals surface area contributed by atoms with Crippen LogP contribution in [0.25, 0.3) is 0 Å². The lowest BCUT2D eigenvalue weighted by Crippen LogP contribution is -2.47. The van der Waals surface area contributed by atoms with Crippen LogP contribution in [0.2, 0.25) is 5.02 Å². The zero-order valence-corrected chi connectivity index (χ0v) is 12.7. The molecule has 0 fully saturated rings. The lowest BCUT2D eigenvalue weighted by molar-refractivity contribution is 0.121. The molecule has 0 radical (unpaired) electrons. The van der Waals surface area contributed by atoms with Crippen molar-refractivity contribution < 1.29 is 9.39 Å². The molecule has 1 aliphatic rings. The maximum absolute atomic E-state index is 6.15. The Morgan fingerprint density at radius 2 is 1.86 bits per heavy atom. The Kier molecular flexibility index (Phi) is 4.97. The maximum atomic E-state index is 6.15. The lowest BCUT2D eigenvalue weighted by atomic mass is 9.54. The smallest absolute Gasteiger partial charge is 0.361 e. The van der Waals surface area contributed by atoms with Crippen LogP contribution < -0.4 is 10.9 Å². The van der Waals surface area contributed by atoms with Crippen LogP contribution in [0.5, 0.6) is 0 Å². The molecule has 0 amide bonds. The minimum atomic E-state index is -0.0574. The molecule has 1 aliphatic heterocycles. The number of benzene rings is 2. The Morgan fingerprint density at radius 1 is 0.952 bits per heavy atom. The van der Waals surface area contributed by atoms with Crippen LogP contribution in [0.1, 0.15) is 12.0 Å². The first-order chi connectivity index (χ1) is 10.3. The molecule has 2 nitrogen and oxygen atoms in total. The highest BCUT2D eigenvalue weighted by Crippen LogP contribution is 2.08. The maximum Gasteiger partial charge on any atom is 0.361 e. The van der Waals surface area contributed by atoms with Crippen molar-refractivity contribution in [3.05, 3.63) is 59.1 Å². The molecule has 0 saturated heterocycles. The van der Waals surface area contributed by atoms with Gasteiger partial charge < -0.3 is 9.39 Å². The van der Waals surface area contributed by atoms with E-state index in [1.54, 1.807) is 0 Å². The second kappa shape index (κ2) is 7.12. The molecule has 0 bridgehead atoms. The van der Waals surface area contributed by atoms with Gasteiger partial charge in [0, 0.05) is 18.2 Å². The van der Waals surface area contributed by atoms with Crippen LogP contribution >= 0.6 is 11.6 Å². The van der Waals surface area contributed by atoms with Gasteiger partial charge in [0.05, 0.1) is 6.61 Å². The van der Waals surface area contributed by atoms with E-state index in [0.29, 0.717) is 6.61 Å². The molecule has 4 heteroatoms. The molecule has 2 aromatic rings. The summed E-state index contributed by atoms with van der Waals surface area (Å²) in [6.45, 7) is 2.15. The number of hydrogen-bond donors (Lipinski definition) is 0. The number of halogens is 1. The van der Waals surface area contributed by atoms with Crippen LogP contribution in [0.15, 0.2) is 48.5 Å². The fourth-order valence-electron chi connectivity index (χ4n) is 2.70. The molecule has 2 aromatic carbocycles. The van der Waals surface area contributed by atoms with E-state index in [-0.39, 0.29) is 6.92 Å². The van der Waals surface area contributed by atoms with Gasteiger partial charge in [0.25, 0.3) is 0 Å². The van der Waals surface area contributed by atoms with Crippen molar-refractivity contribution in [2.45, 2.75) is 12.8 Å². The van der Waals surface area contributed by atoms with Gasteiger partial charge in [0.1, 0.15) is 0 Å². The molecule has 0 saturated carbocycles. The van der Waals surface area contributed by atoms with Gasteiger partial charge in [-0.05, 0) is 41.5 Å². The zero-order chi connectivity index (χ0) is 14.5. The van der Waals surface area contributed by atoms with Crippen LogP contribution in [-0.2, 0) is 15.8 Å². The Morgan fingerprint density at radius 3 is 2.76 bits per heavy atom. The van der Waals surface area contributed by atoms with E-state index in [9.17, 15) is 0 Å². The number of ether oxygens (including phenoxy) is 1. The Bertz CT molecular complexity index is 603. The van der Waals surface area contributed by atoms with Crippen LogP contribution in [-0.4, -0.2) is 26.7 Å². The van der Waals surface area contributed by atoms with E-state index in [2.05, 4.69) is 30.3 Å². The molecule has 0 atom stereocenters. The van der Waals surface area contributed by atoms with Crippen molar-refractivity contribution in [3.63, 3.8) is 0 Å². The highest BCUT2D eigenvalue weighted by molar-refractivity contribution is 6.80. The minimum absolute atomic E-state index is 0.0574. The summed E-state index contributed by atoms with van der Waals surface area (Å²) in [7, 11) is 0. The molecular weight excluding hydrogens is 282 g/mol. The van der Waals surface area contributed by atoms with Crippen molar-refractivity contribution in [1.82, 2.24) is 0 Å². The van der Waals surface area contributed by atoms with Gasteiger partial charge in [-0.2, -0.15) is 0 Å². The zero-order valence-electron chi connectivity index (χ0n) is 11.9. The monoisotopic (exact) mass is 300 g/mol. The van der Waals surface area contributed by atoms with E-state index in [1.165, 1.54) is 11.0 Å². The third-order valence-corrected chi connectivity index (χ3v) is 3.96. The van der Waals surface area contributed by atoms with Crippen LogP contribution in [0.3, 0.4) is 0 Å². The van der Waals surface area contributed by atoms with Crippen molar-refractivity contribution in [2.24, 2.45) is 0 Å². The first-order valence-corrected chi connectivity index (χ1v) is 7.75. The van der Waals surface area contributed by atoms with Gasteiger partial charge in [-0.15, -0.1) is 0 Å². The first-order valence-electron chi connectivity index (χ1n) is 7.37. The lowest BCUT2D eigenvalue weighted by Gasteiger charge is -2.20. The molecule has 108 valence electrons. The summed E-state index contributed by atoms with van der Waals surface area (Å²) in [5, 5.41) is 0.744. The first kappa shape index (κ1) is 14.6. The van der Waals surface area contributed by atoms with E-state index < -0.39 is 0 Å². The Hall–Kier alpha value is -1.29. The van der Waals surface area contributed by atoms with Crippen LogP contribution in [0.4, 0.5) is 0 Å². The summed E-state index contributed by atoms with van der Waals surface area (Å²) < 4.78 is 11.8. The standard InChI is InChI=1S/C17H18BClO2/c19-16-7-3-6-15(13-16)18-17-8-2-1-5-14(17)9-12-20-10-4-11-21-18/h1-3,5-8,13H,4,9-12H2. The SMILES string of the molecule is Clc1cccc(B2OCCCOCCc3ccccc32)c1. The van der Waals surface area contributed by atoms with E-state index in [1.807, 2.05) is 18.2 Å². The molecule has 0 N–H and O–H groups in total. The average Bonchev–Trinajstić information content (AvgIpc) is 2.51. The summed E-state index contributed by atoms with van der Waals surface area (Å²) in [5.74, 6) is 0. The van der Waals surface area contributed by atoms with Crippen molar-refractivity contribution in [2.75, 3.05) is 19.8 Å². The second-order valence-electron chi connectivity index (χ2n) is 5.22. The molecule has 0 aliphatic carbocycles. The minimum Gasteiger partial charge on any atom is -0.427 e. The molecule has 0 aromatic heterocycles. The van der Waals surface area contributed by atoms with Crippen molar-refractivity contribution in [1.29, 1.82) is 0 Å². The van der Waals surface area contributed by atoms with Crippen molar-refractivity contribution >= 4 is 29.4 Å². The normalized spacial score (nSPS) is 16.3. The summed E-state index contributed by atoms with van der Waals surface area (Å²) >= 11 is 6.15. The molecule has 3 rings (SSSR count). The summed E-state index contributed by atoms with van der Waals surface area (Å²) in [6, 6.07) is 16.4. The molecule has 1 heterocycles. The highest BCUT2D eigenvalue weighted by Gasteiger charge is 2.24. The third kappa shape index (κ3) is 3.68. The van der Waals surface area contributed by atoms with Crippen molar-refractivity contribution in [3.8, 4) is 0 Å². The van der Waals surface area contributed by atoms with E-state index >= 15 is 0 Å². The van der Waals surface area contributed by atoms with Gasteiger partial charge in [0.2, 0.25) is 0 Å². The third-order valence-electron chi connectivity index (χ3n) is 3.72. The fourth-order valence-corrected chi connectivity index (χ4v) is 2.90. The largest absolute Gasteiger partial charge is 0.427 e. The summed E-state index contributed by atoms with van der Waals surface area (Å²) in [6.07, 6.45) is 1.83. The Labute approximate surface area is 131 Å². The van der Waals surface area contributed by atoms with Gasteiger partial charge in [0.15, 0.2) is 0 Å². The predicted molar refractivity (Wildman–Crippen MR) is 88.0 cm³/mol. The number of fused-ring (bicyclic) bond motifs is 1. The topological polar surface area (TPSA) is 18.5 Å². The summed E-state index contributed by atoms with van der Waals surface area (Å²) in [4.78, 5) is 0. The van der Waals surface area contributed by atoms with Crippen LogP contribution in [0, 0.1) is 0 Å². The van der Waals surface area contributed by atoms with Gasteiger partial charge in [-0.25, -0.2) is 0 Å². The second-order valence-corrected chi connectivity index (χ2v) is 5.66. The quantitative estimate of drug-likeness (QED) is 0.753. The molecular formula is C17H18BClO2. The van der Waals surface area contributed by atoms with Gasteiger partial charge in [-0.1, -0.05) is 48.0 Å². The fraction of sp³-hybridized carbons (Fsp3) is 0.294. The average molecular weight is 301 g/mol. The molecule has 0 unspecified atom stereocenters. The van der Waals surface area contributed by atoms with Gasteiger partial charge in [-0.3, -0.25) is 0 Å². The number of rotatable bonds is 1.